The van der Waals surface area contributed by atoms with Crippen molar-refractivity contribution in [1.82, 2.24) is 0 Å². The fourth-order valence-electron chi connectivity index (χ4n) is 3.29. The Kier molecular flexibility index (Phi) is 5.99. The van der Waals surface area contributed by atoms with Gasteiger partial charge in [0.25, 0.3) is 0 Å². The van der Waals surface area contributed by atoms with E-state index in [-0.39, 0.29) is 41.6 Å². The molecule has 1 N–H and O–H groups in total. The number of esters is 1. The number of amides is 2. The molecule has 3 rings (SSSR count). The summed E-state index contributed by atoms with van der Waals surface area (Å²) >= 11 is 6.04. The summed E-state index contributed by atoms with van der Waals surface area (Å²) in [6.07, 6.45) is -0.0487. The number of carbonyl (C=O) groups is 3. The van der Waals surface area contributed by atoms with Crippen molar-refractivity contribution in [2.45, 2.75) is 13.3 Å². The van der Waals surface area contributed by atoms with Crippen molar-refractivity contribution in [3.8, 4) is 11.8 Å². The molecule has 1 fully saturated rings. The number of anilines is 2. The van der Waals surface area contributed by atoms with Gasteiger partial charge in [-0.1, -0.05) is 11.6 Å². The Labute approximate surface area is 177 Å². The van der Waals surface area contributed by atoms with Crippen LogP contribution in [0.5, 0.6) is 5.75 Å². The van der Waals surface area contributed by atoms with Crippen molar-refractivity contribution in [1.29, 1.82) is 5.26 Å². The lowest BCUT2D eigenvalue weighted by Gasteiger charge is -2.19. The molecule has 30 heavy (non-hydrogen) atoms. The number of aryl methyl sites for hydroxylation is 1. The van der Waals surface area contributed by atoms with Crippen LogP contribution in [0, 0.1) is 24.2 Å². The molecule has 1 unspecified atom stereocenters. The highest BCUT2D eigenvalue weighted by atomic mass is 35.5. The number of halogens is 1. The summed E-state index contributed by atoms with van der Waals surface area (Å²) in [7, 11) is 2.65. The molecule has 9 nitrogen and oxygen atoms in total. The van der Waals surface area contributed by atoms with Crippen molar-refractivity contribution < 1.29 is 28.3 Å². The summed E-state index contributed by atoms with van der Waals surface area (Å²) in [5.41, 5.74) is 0.276. The molecule has 2 aromatic rings. The van der Waals surface area contributed by atoms with Crippen molar-refractivity contribution in [2.75, 3.05) is 31.0 Å². The van der Waals surface area contributed by atoms with Crippen LogP contribution in [0.4, 0.5) is 11.6 Å². The van der Waals surface area contributed by atoms with Gasteiger partial charge >= 0.3 is 5.97 Å². The summed E-state index contributed by atoms with van der Waals surface area (Å²) < 4.78 is 15.3. The number of nitrogens with zero attached hydrogens (tertiary/aromatic N) is 2. The molecule has 0 spiro atoms. The first-order chi connectivity index (χ1) is 14.3. The molecular formula is C20H18ClN3O6. The Bertz CT molecular complexity index is 1070. The summed E-state index contributed by atoms with van der Waals surface area (Å²) in [5.74, 6) is -1.82. The predicted octanol–water partition coefficient (Wildman–Crippen LogP) is 2.90. The second-order valence-corrected chi connectivity index (χ2v) is 6.99. The van der Waals surface area contributed by atoms with E-state index in [1.54, 1.807) is 18.2 Å². The maximum Gasteiger partial charge on any atom is 0.342 e. The molecule has 10 heteroatoms. The zero-order chi connectivity index (χ0) is 22.0. The van der Waals surface area contributed by atoms with E-state index in [0.29, 0.717) is 16.5 Å². The van der Waals surface area contributed by atoms with Crippen LogP contribution in [-0.2, 0) is 14.3 Å². The first kappa shape index (κ1) is 21.2. The van der Waals surface area contributed by atoms with Crippen LogP contribution in [-0.4, -0.2) is 38.5 Å². The minimum atomic E-state index is -0.747. The molecule has 1 atom stereocenters. The Hall–Kier alpha value is -3.51. The maximum absolute atomic E-state index is 12.8. The van der Waals surface area contributed by atoms with E-state index in [9.17, 15) is 19.6 Å². The zero-order valence-electron chi connectivity index (χ0n) is 16.4. The predicted molar refractivity (Wildman–Crippen MR) is 107 cm³/mol. The smallest absolute Gasteiger partial charge is 0.342 e. The summed E-state index contributed by atoms with van der Waals surface area (Å²) in [5, 5.41) is 12.3. The summed E-state index contributed by atoms with van der Waals surface area (Å²) in [6.45, 7) is 1.57. The second kappa shape index (κ2) is 8.47. The zero-order valence-corrected chi connectivity index (χ0v) is 17.2. The number of nitrogens with one attached hydrogen (secondary N) is 1. The molecule has 1 aliphatic heterocycles. The van der Waals surface area contributed by atoms with E-state index in [4.69, 9.17) is 20.8 Å². The van der Waals surface area contributed by atoms with Gasteiger partial charge in [0.1, 0.15) is 28.7 Å². The van der Waals surface area contributed by atoms with Crippen LogP contribution in [0.25, 0.3) is 0 Å². The van der Waals surface area contributed by atoms with Crippen LogP contribution in [0.1, 0.15) is 28.1 Å². The Morgan fingerprint density at radius 2 is 2.10 bits per heavy atom. The monoisotopic (exact) mass is 431 g/mol. The van der Waals surface area contributed by atoms with Crippen LogP contribution in [0.3, 0.4) is 0 Å². The number of methoxy groups -OCH3 is 2. The quantitative estimate of drug-likeness (QED) is 0.722. The van der Waals surface area contributed by atoms with Gasteiger partial charge < -0.3 is 18.8 Å². The molecule has 2 heterocycles. The number of furan rings is 1. The summed E-state index contributed by atoms with van der Waals surface area (Å²) in [6, 6.07) is 6.70. The lowest BCUT2D eigenvalue weighted by Crippen LogP contribution is -2.28. The average Bonchev–Trinajstić information content (AvgIpc) is 3.26. The van der Waals surface area contributed by atoms with Gasteiger partial charge in [0.15, 0.2) is 0 Å². The van der Waals surface area contributed by atoms with Gasteiger partial charge in [0, 0.05) is 18.0 Å². The highest BCUT2D eigenvalue weighted by molar-refractivity contribution is 6.31. The first-order valence-corrected chi connectivity index (χ1v) is 9.25. The minimum Gasteiger partial charge on any atom is -0.495 e. The number of benzene rings is 1. The lowest BCUT2D eigenvalue weighted by atomic mass is 10.1. The SMILES string of the molecule is COC(=O)c1c(C)oc(NC(=O)C2CC(=O)N(c3cc(Cl)ccc3OC)C2)c1C#N. The van der Waals surface area contributed by atoms with E-state index in [0.717, 1.165) is 0 Å². The molecular weight excluding hydrogens is 414 g/mol. The number of nitriles is 1. The summed E-state index contributed by atoms with van der Waals surface area (Å²) in [4.78, 5) is 38.6. The number of ether oxygens (including phenoxy) is 2. The Balaban J connectivity index is 1.82. The van der Waals surface area contributed by atoms with Crippen molar-refractivity contribution in [3.63, 3.8) is 0 Å². The van der Waals surface area contributed by atoms with Crippen molar-refractivity contribution in [3.05, 3.63) is 40.1 Å². The molecule has 1 aromatic carbocycles. The van der Waals surface area contributed by atoms with Crippen LogP contribution >= 0.6 is 11.6 Å². The molecule has 0 bridgehead atoms. The van der Waals surface area contributed by atoms with Crippen molar-refractivity contribution in [2.24, 2.45) is 5.92 Å². The third kappa shape index (κ3) is 3.82. The highest BCUT2D eigenvalue weighted by Gasteiger charge is 2.37. The van der Waals surface area contributed by atoms with E-state index in [1.165, 1.54) is 26.0 Å². The standard InChI is InChI=1S/C20H18ClN3O6/c1-10-17(20(27)29-3)13(8-22)19(30-10)23-18(26)11-6-16(25)24(9-11)14-7-12(21)4-5-15(14)28-2/h4-5,7,11H,6,9H2,1-3H3,(H,23,26). The minimum absolute atomic E-state index is 0.0487. The normalized spacial score (nSPS) is 15.6. The molecule has 1 aromatic heterocycles. The highest BCUT2D eigenvalue weighted by Crippen LogP contribution is 2.36. The first-order valence-electron chi connectivity index (χ1n) is 8.87. The second-order valence-electron chi connectivity index (χ2n) is 6.55. The van der Waals surface area contributed by atoms with Crippen LogP contribution in [0.15, 0.2) is 22.6 Å². The largest absolute Gasteiger partial charge is 0.495 e. The molecule has 0 radical (unpaired) electrons. The Morgan fingerprint density at radius 1 is 1.37 bits per heavy atom. The molecule has 0 saturated carbocycles. The van der Waals surface area contributed by atoms with Gasteiger partial charge in [-0.05, 0) is 25.1 Å². The van der Waals surface area contributed by atoms with Gasteiger partial charge in [-0.2, -0.15) is 5.26 Å². The van der Waals surface area contributed by atoms with Gasteiger partial charge in [-0.25, -0.2) is 4.79 Å². The fourth-order valence-corrected chi connectivity index (χ4v) is 3.46. The van der Waals surface area contributed by atoms with Gasteiger partial charge in [0.2, 0.25) is 17.7 Å². The third-order valence-corrected chi connectivity index (χ3v) is 4.98. The molecule has 1 saturated heterocycles. The topological polar surface area (TPSA) is 122 Å². The van der Waals surface area contributed by atoms with Gasteiger partial charge in [-0.3, -0.25) is 14.9 Å². The van der Waals surface area contributed by atoms with Gasteiger partial charge in [-0.15, -0.1) is 0 Å². The van der Waals surface area contributed by atoms with E-state index in [1.807, 2.05) is 6.07 Å². The number of hydrogen-bond acceptors (Lipinski definition) is 7. The molecule has 156 valence electrons. The van der Waals surface area contributed by atoms with E-state index in [2.05, 4.69) is 10.1 Å². The molecule has 1 aliphatic rings. The third-order valence-electron chi connectivity index (χ3n) is 4.75. The van der Waals surface area contributed by atoms with Gasteiger partial charge in [0.05, 0.1) is 25.8 Å². The van der Waals surface area contributed by atoms with E-state index >= 15 is 0 Å². The van der Waals surface area contributed by atoms with E-state index < -0.39 is 17.8 Å². The van der Waals surface area contributed by atoms with Crippen molar-refractivity contribution >= 4 is 41.0 Å². The lowest BCUT2D eigenvalue weighted by molar-refractivity contribution is -0.122. The Morgan fingerprint density at radius 3 is 2.73 bits per heavy atom. The number of carbonyl (C=O) groups excluding carboxylic acids is 3. The number of hydrogen-bond donors (Lipinski definition) is 1. The average molecular weight is 432 g/mol. The van der Waals surface area contributed by atoms with Crippen LogP contribution in [0.2, 0.25) is 5.02 Å². The number of rotatable bonds is 5. The maximum atomic E-state index is 12.8. The molecule has 0 aliphatic carbocycles. The molecule has 2 amide bonds. The van der Waals surface area contributed by atoms with Crippen LogP contribution < -0.4 is 15.0 Å². The fraction of sp³-hybridized carbons (Fsp3) is 0.300.